The molecule has 0 radical (unpaired) electrons. The van der Waals surface area contributed by atoms with Gasteiger partial charge in [-0.2, -0.15) is 0 Å². The third kappa shape index (κ3) is 7.92. The van der Waals surface area contributed by atoms with Crippen molar-refractivity contribution in [1.82, 2.24) is 15.6 Å². The Balaban J connectivity index is 0.00000312. The van der Waals surface area contributed by atoms with E-state index in [4.69, 9.17) is 11.6 Å². The van der Waals surface area contributed by atoms with E-state index in [1.165, 1.54) is 10.4 Å². The van der Waals surface area contributed by atoms with E-state index in [1.54, 1.807) is 18.4 Å². The number of thiazole rings is 1. The molecule has 0 atom stereocenters. The van der Waals surface area contributed by atoms with Crippen molar-refractivity contribution >= 4 is 52.9 Å². The van der Waals surface area contributed by atoms with Crippen LogP contribution in [0.1, 0.15) is 29.3 Å². The zero-order valence-corrected chi connectivity index (χ0v) is 19.0. The quantitative estimate of drug-likeness (QED) is 0.350. The van der Waals surface area contributed by atoms with Gasteiger partial charge in [0.25, 0.3) is 0 Å². The Kier molecular flexibility index (Phi) is 9.16. The molecule has 0 saturated carbocycles. The number of rotatable bonds is 6. The molecule has 4 nitrogen and oxygen atoms in total. The van der Waals surface area contributed by atoms with Crippen molar-refractivity contribution in [2.24, 2.45) is 10.4 Å². The van der Waals surface area contributed by atoms with E-state index >= 15 is 0 Å². The van der Waals surface area contributed by atoms with Crippen LogP contribution in [-0.2, 0) is 13.0 Å². The van der Waals surface area contributed by atoms with E-state index in [0.717, 1.165) is 35.5 Å². The number of nitrogens with one attached hydrogen (secondary N) is 2. The fourth-order valence-corrected chi connectivity index (χ4v) is 3.41. The van der Waals surface area contributed by atoms with Gasteiger partial charge >= 0.3 is 0 Å². The Labute approximate surface area is 176 Å². The molecule has 0 bridgehead atoms. The van der Waals surface area contributed by atoms with Crippen molar-refractivity contribution in [2.75, 3.05) is 13.6 Å². The first kappa shape index (κ1) is 22.2. The molecule has 0 saturated heterocycles. The third-order valence-electron chi connectivity index (χ3n) is 3.63. The molecule has 2 rings (SSSR count). The predicted molar refractivity (Wildman–Crippen MR) is 119 cm³/mol. The molecule has 1 aromatic heterocycles. The van der Waals surface area contributed by atoms with E-state index in [-0.39, 0.29) is 29.4 Å². The molecule has 0 amide bonds. The maximum absolute atomic E-state index is 6.08. The minimum absolute atomic E-state index is 0. The Morgan fingerprint density at radius 2 is 2.08 bits per heavy atom. The van der Waals surface area contributed by atoms with Crippen molar-refractivity contribution in [1.29, 1.82) is 0 Å². The molecule has 1 heterocycles. The lowest BCUT2D eigenvalue weighted by molar-refractivity contribution is 0.359. The maximum atomic E-state index is 6.08. The van der Waals surface area contributed by atoms with Crippen molar-refractivity contribution in [3.05, 3.63) is 50.9 Å². The largest absolute Gasteiger partial charge is 0.356 e. The lowest BCUT2D eigenvalue weighted by Gasteiger charge is -2.26. The third-order valence-corrected chi connectivity index (χ3v) is 4.78. The minimum Gasteiger partial charge on any atom is -0.356 e. The number of halogens is 2. The van der Waals surface area contributed by atoms with Crippen LogP contribution in [0.3, 0.4) is 0 Å². The van der Waals surface area contributed by atoms with Gasteiger partial charge in [0.15, 0.2) is 5.96 Å². The fraction of sp³-hybridized carbons (Fsp3) is 0.444. The highest BCUT2D eigenvalue weighted by molar-refractivity contribution is 14.0. The van der Waals surface area contributed by atoms with Crippen molar-refractivity contribution in [3.63, 3.8) is 0 Å². The summed E-state index contributed by atoms with van der Waals surface area (Å²) in [7, 11) is 1.79. The SMILES string of the molecule is CN=C(NCc1cnc(C)s1)NCC(C)(C)Cc1cccc(Cl)c1.I. The fourth-order valence-electron chi connectivity index (χ4n) is 2.46. The second kappa shape index (κ2) is 10.3. The van der Waals surface area contributed by atoms with Crippen LogP contribution in [0.5, 0.6) is 0 Å². The van der Waals surface area contributed by atoms with Crippen molar-refractivity contribution in [3.8, 4) is 0 Å². The van der Waals surface area contributed by atoms with E-state index in [1.807, 2.05) is 31.3 Å². The highest BCUT2D eigenvalue weighted by atomic mass is 127. The summed E-state index contributed by atoms with van der Waals surface area (Å²) in [5.74, 6) is 0.806. The van der Waals surface area contributed by atoms with Gasteiger partial charge in [0.2, 0.25) is 0 Å². The summed E-state index contributed by atoms with van der Waals surface area (Å²) >= 11 is 7.77. The van der Waals surface area contributed by atoms with Gasteiger partial charge in [-0.25, -0.2) is 4.98 Å². The summed E-state index contributed by atoms with van der Waals surface area (Å²) in [5, 5.41) is 8.61. The number of aliphatic imine (C=N–C) groups is 1. The molecule has 2 aromatic rings. The van der Waals surface area contributed by atoms with Crippen molar-refractivity contribution < 1.29 is 0 Å². The van der Waals surface area contributed by atoms with E-state index < -0.39 is 0 Å². The Hall–Kier alpha value is -0.860. The highest BCUT2D eigenvalue weighted by Gasteiger charge is 2.19. The molecule has 0 fully saturated rings. The number of aryl methyl sites for hydroxylation is 1. The van der Waals surface area contributed by atoms with Gasteiger partial charge < -0.3 is 10.6 Å². The van der Waals surface area contributed by atoms with Crippen LogP contribution in [0.2, 0.25) is 5.02 Å². The first-order valence-electron chi connectivity index (χ1n) is 7.98. The molecule has 0 aliphatic rings. The average Bonchev–Trinajstić information content (AvgIpc) is 2.92. The van der Waals surface area contributed by atoms with Crippen LogP contribution >= 0.6 is 46.9 Å². The van der Waals surface area contributed by atoms with Gasteiger partial charge in [0, 0.05) is 29.7 Å². The number of hydrogen-bond acceptors (Lipinski definition) is 3. The first-order chi connectivity index (χ1) is 11.4. The second-order valence-corrected chi connectivity index (χ2v) is 8.35. The first-order valence-corrected chi connectivity index (χ1v) is 9.18. The van der Waals surface area contributed by atoms with Crippen LogP contribution in [0.15, 0.2) is 35.5 Å². The number of guanidine groups is 1. The summed E-state index contributed by atoms with van der Waals surface area (Å²) in [6.45, 7) is 8.04. The number of hydrogen-bond donors (Lipinski definition) is 2. The predicted octanol–water partition coefficient (Wildman–Crippen LogP) is 4.66. The highest BCUT2D eigenvalue weighted by Crippen LogP contribution is 2.22. The Bertz CT molecular complexity index is 700. The standard InChI is InChI=1S/C18H25ClN4S.HI/c1-13-21-10-16(24-13)11-22-17(20-4)23-12-18(2,3)9-14-6-5-7-15(19)8-14;/h5-8,10H,9,11-12H2,1-4H3,(H2,20,22,23);1H. The molecular weight excluding hydrogens is 467 g/mol. The maximum Gasteiger partial charge on any atom is 0.191 e. The summed E-state index contributed by atoms with van der Waals surface area (Å²) in [4.78, 5) is 9.76. The molecule has 0 aliphatic carbocycles. The zero-order valence-electron chi connectivity index (χ0n) is 15.1. The smallest absolute Gasteiger partial charge is 0.191 e. The molecule has 0 aliphatic heterocycles. The molecule has 2 N–H and O–H groups in total. The molecule has 1 aromatic carbocycles. The normalized spacial score (nSPS) is 11.8. The van der Waals surface area contributed by atoms with Crippen LogP contribution in [0, 0.1) is 12.3 Å². The van der Waals surface area contributed by atoms with Gasteiger partial charge in [-0.15, -0.1) is 35.3 Å². The lowest BCUT2D eigenvalue weighted by atomic mass is 9.86. The summed E-state index contributed by atoms with van der Waals surface area (Å²) in [5.41, 5.74) is 1.33. The van der Waals surface area contributed by atoms with Gasteiger partial charge in [0.1, 0.15) is 0 Å². The van der Waals surface area contributed by atoms with E-state index in [0.29, 0.717) is 0 Å². The summed E-state index contributed by atoms with van der Waals surface area (Å²) in [6.07, 6.45) is 2.86. The van der Waals surface area contributed by atoms with E-state index in [2.05, 4.69) is 40.5 Å². The molecule has 25 heavy (non-hydrogen) atoms. The summed E-state index contributed by atoms with van der Waals surface area (Å²) in [6, 6.07) is 8.05. The molecule has 138 valence electrons. The molecule has 0 unspecified atom stereocenters. The topological polar surface area (TPSA) is 49.3 Å². The van der Waals surface area contributed by atoms with Crippen LogP contribution < -0.4 is 10.6 Å². The van der Waals surface area contributed by atoms with Crippen LogP contribution in [0.25, 0.3) is 0 Å². The Morgan fingerprint density at radius 1 is 1.32 bits per heavy atom. The van der Waals surface area contributed by atoms with Crippen LogP contribution in [-0.4, -0.2) is 24.5 Å². The van der Waals surface area contributed by atoms with Crippen molar-refractivity contribution in [2.45, 2.75) is 33.7 Å². The monoisotopic (exact) mass is 492 g/mol. The van der Waals surface area contributed by atoms with Gasteiger partial charge in [-0.3, -0.25) is 4.99 Å². The average molecular weight is 493 g/mol. The Morgan fingerprint density at radius 3 is 2.68 bits per heavy atom. The number of nitrogens with zero attached hydrogens (tertiary/aromatic N) is 2. The molecular formula is C18H26ClIN4S. The zero-order chi connectivity index (χ0) is 17.6. The molecule has 0 spiro atoms. The number of aromatic nitrogens is 1. The number of benzene rings is 1. The second-order valence-electron chi connectivity index (χ2n) is 6.60. The van der Waals surface area contributed by atoms with E-state index in [9.17, 15) is 0 Å². The minimum atomic E-state index is 0. The van der Waals surface area contributed by atoms with Gasteiger partial charge in [0.05, 0.1) is 11.6 Å². The van der Waals surface area contributed by atoms with Crippen LogP contribution in [0.4, 0.5) is 0 Å². The van der Waals surface area contributed by atoms with Gasteiger partial charge in [-0.05, 0) is 36.5 Å². The lowest BCUT2D eigenvalue weighted by Crippen LogP contribution is -2.42. The molecule has 7 heteroatoms. The summed E-state index contributed by atoms with van der Waals surface area (Å²) < 4.78 is 0. The van der Waals surface area contributed by atoms with Gasteiger partial charge in [-0.1, -0.05) is 37.6 Å².